The number of nitrogens with one attached hydrogen (secondary N) is 1. The van der Waals surface area contributed by atoms with Gasteiger partial charge < -0.3 is 10.4 Å². The third kappa shape index (κ3) is 5.87. The molecule has 0 atom stereocenters. The Morgan fingerprint density at radius 2 is 1.74 bits per heavy atom. The summed E-state index contributed by atoms with van der Waals surface area (Å²) in [5.74, 6) is -0.903. The molecular weight excluding hydrogens is 424 g/mol. The Morgan fingerprint density at radius 1 is 0.912 bits per heavy atom. The summed E-state index contributed by atoms with van der Waals surface area (Å²) in [5.41, 5.74) is 6.62. The monoisotopic (exact) mass is 452 g/mol. The summed E-state index contributed by atoms with van der Waals surface area (Å²) in [5, 5.41) is 12.8. The number of unbranched alkanes of at least 4 members (excludes halogenated alkanes) is 1. The van der Waals surface area contributed by atoms with Gasteiger partial charge in [-0.05, 0) is 61.6 Å². The van der Waals surface area contributed by atoms with Gasteiger partial charge in [0.2, 0.25) is 0 Å². The van der Waals surface area contributed by atoms with Crippen LogP contribution < -0.4 is 5.32 Å². The Morgan fingerprint density at radius 3 is 2.50 bits per heavy atom. The second kappa shape index (κ2) is 10.8. The van der Waals surface area contributed by atoms with Crippen LogP contribution >= 0.6 is 0 Å². The molecule has 0 radical (unpaired) electrons. The lowest BCUT2D eigenvalue weighted by Crippen LogP contribution is -2.22. The van der Waals surface area contributed by atoms with Crippen LogP contribution in [0.5, 0.6) is 0 Å². The van der Waals surface area contributed by atoms with Gasteiger partial charge in [0.1, 0.15) is 0 Å². The number of amides is 1. The van der Waals surface area contributed by atoms with Crippen molar-refractivity contribution < 1.29 is 14.7 Å². The highest BCUT2D eigenvalue weighted by Crippen LogP contribution is 2.28. The molecule has 0 spiro atoms. The number of carbonyl (C=O) groups excluding carboxylic acids is 1. The predicted molar refractivity (Wildman–Crippen MR) is 135 cm³/mol. The van der Waals surface area contributed by atoms with Crippen molar-refractivity contribution in [3.05, 3.63) is 101 Å². The van der Waals surface area contributed by atoms with Crippen LogP contribution in [0.3, 0.4) is 0 Å². The van der Waals surface area contributed by atoms with E-state index in [-0.39, 0.29) is 12.3 Å². The number of aryl methyl sites for hydroxylation is 2. The number of fused-ring (bicyclic) bond motifs is 1. The lowest BCUT2D eigenvalue weighted by atomic mass is 9.98. The van der Waals surface area contributed by atoms with Crippen LogP contribution in [0, 0.1) is 6.92 Å². The quantitative estimate of drug-likeness (QED) is 0.308. The van der Waals surface area contributed by atoms with Crippen molar-refractivity contribution >= 4 is 22.8 Å². The van der Waals surface area contributed by atoms with Gasteiger partial charge >= 0.3 is 5.97 Å². The Bertz CT molecular complexity index is 1320. The maximum atomic E-state index is 12.8. The van der Waals surface area contributed by atoms with Gasteiger partial charge in [-0.3, -0.25) is 9.59 Å². The summed E-state index contributed by atoms with van der Waals surface area (Å²) in [6, 6.07) is 25.7. The molecule has 0 fully saturated rings. The van der Waals surface area contributed by atoms with Crippen molar-refractivity contribution in [1.29, 1.82) is 0 Å². The number of benzene rings is 3. The predicted octanol–water partition coefficient (Wildman–Crippen LogP) is 5.94. The average Bonchev–Trinajstić information content (AvgIpc) is 2.85. The molecule has 0 saturated carbocycles. The molecule has 0 unspecified atom stereocenters. The van der Waals surface area contributed by atoms with Crippen LogP contribution in [0.15, 0.2) is 78.9 Å². The van der Waals surface area contributed by atoms with Gasteiger partial charge in [0.25, 0.3) is 5.91 Å². The Kier molecular flexibility index (Phi) is 7.33. The molecule has 0 aliphatic heterocycles. The normalized spacial score (nSPS) is 10.9. The summed E-state index contributed by atoms with van der Waals surface area (Å²) in [6.45, 7) is 2.50. The highest BCUT2D eigenvalue weighted by molar-refractivity contribution is 5.98. The lowest BCUT2D eigenvalue weighted by Gasteiger charge is -2.12. The van der Waals surface area contributed by atoms with Gasteiger partial charge in [0, 0.05) is 29.5 Å². The first-order chi connectivity index (χ1) is 16.5. The number of aromatic nitrogens is 1. The van der Waals surface area contributed by atoms with E-state index in [1.165, 1.54) is 0 Å². The van der Waals surface area contributed by atoms with E-state index >= 15 is 0 Å². The number of carbonyl (C=O) groups is 2. The third-order valence-electron chi connectivity index (χ3n) is 5.83. The molecule has 0 bridgehead atoms. The highest BCUT2D eigenvalue weighted by Gasteiger charge is 2.12. The van der Waals surface area contributed by atoms with Crippen LogP contribution in [0.25, 0.3) is 22.2 Å². The molecule has 34 heavy (non-hydrogen) atoms. The van der Waals surface area contributed by atoms with Crippen molar-refractivity contribution in [3.8, 4) is 11.3 Å². The molecule has 172 valence electrons. The standard InChI is InChI=1S/C29H28N2O3/c1-20-8-7-9-21(16-20)19-30-29(34)24-14-15-26-25(18-24)17-23(12-5-6-13-27(32)33)28(31-26)22-10-3-2-4-11-22/h2-4,7-11,14-18H,5-6,12-13,19H2,1H3,(H,30,34)(H,32,33). The van der Waals surface area contributed by atoms with E-state index in [0.29, 0.717) is 18.5 Å². The maximum Gasteiger partial charge on any atom is 0.303 e. The van der Waals surface area contributed by atoms with Gasteiger partial charge in [-0.2, -0.15) is 0 Å². The summed E-state index contributed by atoms with van der Waals surface area (Å²) >= 11 is 0. The molecule has 2 N–H and O–H groups in total. The molecule has 1 aromatic heterocycles. The molecule has 1 heterocycles. The van der Waals surface area contributed by atoms with Gasteiger partial charge in [0.05, 0.1) is 11.2 Å². The number of carboxylic acids is 1. The fourth-order valence-electron chi connectivity index (χ4n) is 4.10. The fourth-order valence-corrected chi connectivity index (χ4v) is 4.10. The number of hydrogen-bond acceptors (Lipinski definition) is 3. The van der Waals surface area contributed by atoms with Crippen LogP contribution in [0.4, 0.5) is 0 Å². The molecule has 0 saturated heterocycles. The van der Waals surface area contributed by atoms with E-state index in [0.717, 1.165) is 51.7 Å². The second-order valence-electron chi connectivity index (χ2n) is 8.54. The number of nitrogens with zero attached hydrogens (tertiary/aromatic N) is 1. The zero-order valence-electron chi connectivity index (χ0n) is 19.3. The average molecular weight is 453 g/mol. The molecule has 5 nitrogen and oxygen atoms in total. The van der Waals surface area contributed by atoms with Gasteiger partial charge in [-0.15, -0.1) is 0 Å². The smallest absolute Gasteiger partial charge is 0.303 e. The van der Waals surface area contributed by atoms with E-state index in [2.05, 4.69) is 17.4 Å². The molecule has 0 aliphatic carbocycles. The first-order valence-electron chi connectivity index (χ1n) is 11.5. The number of rotatable bonds is 9. The van der Waals surface area contributed by atoms with Crippen LogP contribution in [-0.2, 0) is 17.8 Å². The zero-order valence-corrected chi connectivity index (χ0v) is 19.3. The first-order valence-corrected chi connectivity index (χ1v) is 11.5. The Balaban J connectivity index is 1.59. The van der Waals surface area contributed by atoms with Crippen molar-refractivity contribution in [2.24, 2.45) is 0 Å². The molecule has 1 amide bonds. The number of carboxylic acid groups (broad SMARTS) is 1. The van der Waals surface area contributed by atoms with Crippen LogP contribution in [-0.4, -0.2) is 22.0 Å². The van der Waals surface area contributed by atoms with E-state index in [1.54, 1.807) is 0 Å². The highest BCUT2D eigenvalue weighted by atomic mass is 16.4. The Labute approximate surface area is 199 Å². The number of aliphatic carboxylic acids is 1. The molecule has 0 aliphatic rings. The summed E-state index contributed by atoms with van der Waals surface area (Å²) in [7, 11) is 0. The second-order valence-corrected chi connectivity index (χ2v) is 8.54. The largest absolute Gasteiger partial charge is 0.481 e. The van der Waals surface area contributed by atoms with Crippen molar-refractivity contribution in [3.63, 3.8) is 0 Å². The molecule has 4 rings (SSSR count). The topological polar surface area (TPSA) is 79.3 Å². The van der Waals surface area contributed by atoms with E-state index in [4.69, 9.17) is 10.1 Å². The maximum absolute atomic E-state index is 12.8. The van der Waals surface area contributed by atoms with Gasteiger partial charge in [-0.25, -0.2) is 4.98 Å². The fraction of sp³-hybridized carbons (Fsp3) is 0.207. The van der Waals surface area contributed by atoms with E-state index < -0.39 is 5.97 Å². The van der Waals surface area contributed by atoms with Crippen molar-refractivity contribution in [2.75, 3.05) is 0 Å². The van der Waals surface area contributed by atoms with Crippen LogP contribution in [0.2, 0.25) is 0 Å². The SMILES string of the molecule is Cc1cccc(CNC(=O)c2ccc3nc(-c4ccccc4)c(CCCCC(=O)O)cc3c2)c1. The van der Waals surface area contributed by atoms with E-state index in [1.807, 2.05) is 73.7 Å². The van der Waals surface area contributed by atoms with Gasteiger partial charge in [-0.1, -0.05) is 60.2 Å². The number of pyridine rings is 1. The van der Waals surface area contributed by atoms with Crippen LogP contribution in [0.1, 0.15) is 46.3 Å². The van der Waals surface area contributed by atoms with Crippen molar-refractivity contribution in [2.45, 2.75) is 39.2 Å². The zero-order chi connectivity index (χ0) is 23.9. The van der Waals surface area contributed by atoms with E-state index in [9.17, 15) is 9.59 Å². The molecule has 4 aromatic rings. The van der Waals surface area contributed by atoms with Crippen molar-refractivity contribution in [1.82, 2.24) is 10.3 Å². The third-order valence-corrected chi connectivity index (χ3v) is 5.83. The molecule has 5 heteroatoms. The minimum absolute atomic E-state index is 0.126. The molecular formula is C29H28N2O3. The summed E-state index contributed by atoms with van der Waals surface area (Å²) in [6.07, 6.45) is 2.26. The first kappa shape index (κ1) is 23.2. The minimum Gasteiger partial charge on any atom is -0.481 e. The van der Waals surface area contributed by atoms with Gasteiger partial charge in [0.15, 0.2) is 0 Å². The lowest BCUT2D eigenvalue weighted by molar-refractivity contribution is -0.137. The summed E-state index contributed by atoms with van der Waals surface area (Å²) < 4.78 is 0. The molecule has 3 aromatic carbocycles. The number of hydrogen-bond donors (Lipinski definition) is 2. The Hall–Kier alpha value is -3.99. The minimum atomic E-state index is -0.777. The summed E-state index contributed by atoms with van der Waals surface area (Å²) in [4.78, 5) is 28.6.